The highest BCUT2D eigenvalue weighted by Crippen LogP contribution is 2.52. The number of hydrogen-bond donors (Lipinski definition) is 0. The fourth-order valence-electron chi connectivity index (χ4n) is 14.0. The first kappa shape index (κ1) is 50.0. The van der Waals surface area contributed by atoms with Gasteiger partial charge in [0.05, 0.1) is 11.0 Å². The SMILES string of the molecule is CC1(C)c2ccccc2-c2ccc(-c3c4ccccc4c(-c4cccc(N(c5ccccc5)c5ccc(-n6c7ccc(-c8ccccc8-c8ccccc8)cc7c7cc(-c8ccccc8-c8ccccc8)ccc76)cc5)c4)c4ccccc34)cc21. The number of rotatable bonds is 10. The lowest BCUT2D eigenvalue weighted by Crippen LogP contribution is -2.14. The van der Waals surface area contributed by atoms with Gasteiger partial charge in [-0.25, -0.2) is 0 Å². The van der Waals surface area contributed by atoms with Crippen LogP contribution in [0.4, 0.5) is 17.1 Å². The van der Waals surface area contributed by atoms with E-state index in [0.717, 1.165) is 33.8 Å². The van der Waals surface area contributed by atoms with Gasteiger partial charge >= 0.3 is 0 Å². The molecule has 0 N–H and O–H groups in total. The topological polar surface area (TPSA) is 8.17 Å². The van der Waals surface area contributed by atoms with Crippen LogP contribution in [0.25, 0.3) is 127 Å². The summed E-state index contributed by atoms with van der Waals surface area (Å²) in [5.41, 5.74) is 26.5. The van der Waals surface area contributed by atoms with Crippen LogP contribution in [0.2, 0.25) is 0 Å². The van der Waals surface area contributed by atoms with Gasteiger partial charge in [0.25, 0.3) is 0 Å². The van der Waals surface area contributed by atoms with E-state index in [1.54, 1.807) is 0 Å². The monoisotopic (exact) mass is 1080 g/mol. The summed E-state index contributed by atoms with van der Waals surface area (Å²) in [6, 6.07) is 116. The Bertz CT molecular complexity index is 4870. The van der Waals surface area contributed by atoms with Crippen molar-refractivity contribution in [3.63, 3.8) is 0 Å². The molecule has 0 unspecified atom stereocenters. The van der Waals surface area contributed by atoms with E-state index < -0.39 is 0 Å². The van der Waals surface area contributed by atoms with Gasteiger partial charge in [-0.05, 0) is 189 Å². The van der Waals surface area contributed by atoms with Gasteiger partial charge in [-0.15, -0.1) is 0 Å². The predicted octanol–water partition coefficient (Wildman–Crippen LogP) is 22.9. The maximum Gasteiger partial charge on any atom is 0.0541 e. The summed E-state index contributed by atoms with van der Waals surface area (Å²) in [4.78, 5) is 2.40. The Morgan fingerprint density at radius 3 is 1.16 bits per heavy atom. The highest BCUT2D eigenvalue weighted by Gasteiger charge is 2.35. The fraction of sp³-hybridized carbons (Fsp3) is 0.0361. The molecule has 1 aliphatic carbocycles. The van der Waals surface area contributed by atoms with Crippen LogP contribution in [-0.2, 0) is 5.41 Å². The molecular weight excluding hydrogens is 1020 g/mol. The second-order valence-electron chi connectivity index (χ2n) is 23.1. The Hall–Kier alpha value is -10.8. The molecule has 1 heterocycles. The molecule has 0 saturated heterocycles. The molecule has 85 heavy (non-hydrogen) atoms. The zero-order chi connectivity index (χ0) is 56.6. The maximum absolute atomic E-state index is 2.47. The van der Waals surface area contributed by atoms with Crippen LogP contribution in [0.5, 0.6) is 0 Å². The van der Waals surface area contributed by atoms with Crippen LogP contribution in [0.15, 0.2) is 315 Å². The van der Waals surface area contributed by atoms with E-state index in [4.69, 9.17) is 0 Å². The number of anilines is 3. The Morgan fingerprint density at radius 2 is 0.635 bits per heavy atom. The average molecular weight is 1080 g/mol. The van der Waals surface area contributed by atoms with E-state index in [1.165, 1.54) is 121 Å². The molecule has 1 aliphatic rings. The molecule has 14 aromatic carbocycles. The zero-order valence-electron chi connectivity index (χ0n) is 47.4. The van der Waals surface area contributed by atoms with E-state index in [1.807, 2.05) is 0 Å². The van der Waals surface area contributed by atoms with Crippen LogP contribution in [0.1, 0.15) is 25.0 Å². The first-order chi connectivity index (χ1) is 41.9. The van der Waals surface area contributed by atoms with Crippen molar-refractivity contribution in [3.05, 3.63) is 327 Å². The Labute approximate surface area is 496 Å². The van der Waals surface area contributed by atoms with Gasteiger partial charge in [0, 0.05) is 38.9 Å². The molecule has 400 valence electrons. The average Bonchev–Trinajstić information content (AvgIpc) is 2.22. The van der Waals surface area contributed by atoms with Gasteiger partial charge in [-0.3, -0.25) is 0 Å². The number of aromatic nitrogens is 1. The van der Waals surface area contributed by atoms with Crippen LogP contribution in [-0.4, -0.2) is 4.57 Å². The molecule has 2 heteroatoms. The minimum atomic E-state index is -0.104. The number of fused-ring (bicyclic) bond motifs is 8. The lowest BCUT2D eigenvalue weighted by Gasteiger charge is -2.27. The van der Waals surface area contributed by atoms with Gasteiger partial charge in [0.2, 0.25) is 0 Å². The summed E-state index contributed by atoms with van der Waals surface area (Å²) in [5, 5.41) is 7.37. The molecule has 0 amide bonds. The lowest BCUT2D eigenvalue weighted by atomic mass is 9.80. The van der Waals surface area contributed by atoms with Crippen molar-refractivity contribution in [1.82, 2.24) is 4.57 Å². The van der Waals surface area contributed by atoms with Crippen LogP contribution in [0, 0.1) is 0 Å². The number of hydrogen-bond acceptors (Lipinski definition) is 1. The minimum absolute atomic E-state index is 0.104. The first-order valence-corrected chi connectivity index (χ1v) is 29.6. The molecular formula is C83H58N2. The molecule has 2 nitrogen and oxygen atoms in total. The fourth-order valence-corrected chi connectivity index (χ4v) is 14.0. The van der Waals surface area contributed by atoms with Crippen molar-refractivity contribution in [2.24, 2.45) is 0 Å². The van der Waals surface area contributed by atoms with Crippen molar-refractivity contribution in [2.45, 2.75) is 19.3 Å². The van der Waals surface area contributed by atoms with Crippen molar-refractivity contribution in [2.75, 3.05) is 4.90 Å². The largest absolute Gasteiger partial charge is 0.310 e. The standard InChI is InChI=1S/C83H58N2/c1-83(2)77-40-21-20-35-69(77)70-48-41-60(54-78(70)83)82-73-38-18-16-36-71(73)81(72-37-17-19-39-74(72)82)59-27-22-30-64(51-59)84(61-28-10-5-11-29-61)62-44-46-63(47-45-62)85-79-49-42-57(67-33-14-12-31-65(67)55-23-6-3-7-24-55)52-75(79)76-53-58(43-50-80(76)85)68-34-15-13-32-66(68)56-25-8-4-9-26-56/h3-54H,1-2H3. The Balaban J connectivity index is 0.825. The van der Waals surface area contributed by atoms with E-state index in [9.17, 15) is 0 Å². The second kappa shape index (κ2) is 20.3. The van der Waals surface area contributed by atoms with Crippen molar-refractivity contribution < 1.29 is 0 Å². The summed E-state index contributed by atoms with van der Waals surface area (Å²) in [5.74, 6) is 0. The molecule has 0 fully saturated rings. The van der Waals surface area contributed by atoms with Gasteiger partial charge in [0.1, 0.15) is 0 Å². The predicted molar refractivity (Wildman–Crippen MR) is 361 cm³/mol. The third-order valence-electron chi connectivity index (χ3n) is 18.0. The molecule has 0 bridgehead atoms. The van der Waals surface area contributed by atoms with Crippen molar-refractivity contribution in [3.8, 4) is 83.6 Å². The van der Waals surface area contributed by atoms with Crippen LogP contribution >= 0.6 is 0 Å². The lowest BCUT2D eigenvalue weighted by molar-refractivity contribution is 0.660. The third-order valence-corrected chi connectivity index (χ3v) is 18.0. The molecule has 0 radical (unpaired) electrons. The van der Waals surface area contributed by atoms with Gasteiger partial charge < -0.3 is 9.47 Å². The van der Waals surface area contributed by atoms with E-state index >= 15 is 0 Å². The highest BCUT2D eigenvalue weighted by molar-refractivity contribution is 6.22. The highest BCUT2D eigenvalue weighted by atomic mass is 15.1. The molecule has 1 aromatic heterocycles. The molecule has 0 aliphatic heterocycles. The Kier molecular flexibility index (Phi) is 11.9. The van der Waals surface area contributed by atoms with Crippen molar-refractivity contribution in [1.29, 1.82) is 0 Å². The smallest absolute Gasteiger partial charge is 0.0541 e. The minimum Gasteiger partial charge on any atom is -0.310 e. The summed E-state index contributed by atoms with van der Waals surface area (Å²) < 4.78 is 2.45. The Morgan fingerprint density at radius 1 is 0.247 bits per heavy atom. The van der Waals surface area contributed by atoms with Gasteiger partial charge in [-0.1, -0.05) is 250 Å². The first-order valence-electron chi connectivity index (χ1n) is 29.6. The molecule has 0 saturated carbocycles. The summed E-state index contributed by atoms with van der Waals surface area (Å²) in [6.45, 7) is 4.75. The van der Waals surface area contributed by atoms with Gasteiger partial charge in [-0.2, -0.15) is 0 Å². The number of nitrogens with zero attached hydrogens (tertiary/aromatic N) is 2. The van der Waals surface area contributed by atoms with Crippen LogP contribution in [0.3, 0.4) is 0 Å². The van der Waals surface area contributed by atoms with Crippen molar-refractivity contribution >= 4 is 60.4 Å². The summed E-state index contributed by atoms with van der Waals surface area (Å²) >= 11 is 0. The van der Waals surface area contributed by atoms with Gasteiger partial charge in [0.15, 0.2) is 0 Å². The quantitative estimate of drug-likeness (QED) is 0.124. The normalized spacial score (nSPS) is 12.4. The van der Waals surface area contributed by atoms with E-state index in [2.05, 4.69) is 339 Å². The number of para-hydroxylation sites is 1. The third kappa shape index (κ3) is 8.32. The van der Waals surface area contributed by atoms with E-state index in [0.29, 0.717) is 0 Å². The summed E-state index contributed by atoms with van der Waals surface area (Å²) in [6.07, 6.45) is 0. The van der Waals surface area contributed by atoms with E-state index in [-0.39, 0.29) is 5.41 Å². The number of benzene rings is 14. The zero-order valence-corrected chi connectivity index (χ0v) is 47.4. The maximum atomic E-state index is 2.47. The second-order valence-corrected chi connectivity index (χ2v) is 23.1. The molecule has 15 aromatic rings. The van der Waals surface area contributed by atoms with Crippen LogP contribution < -0.4 is 4.90 Å². The summed E-state index contributed by atoms with van der Waals surface area (Å²) in [7, 11) is 0. The molecule has 0 spiro atoms. The molecule has 16 rings (SSSR count). The molecule has 0 atom stereocenters.